The van der Waals surface area contributed by atoms with E-state index in [4.69, 9.17) is 5.10 Å². The van der Waals surface area contributed by atoms with Crippen molar-refractivity contribution in [2.75, 3.05) is 36.8 Å². The average Bonchev–Trinajstić information content (AvgIpc) is 3.29. The normalized spacial score (nSPS) is 14.4. The number of aryl methyl sites for hydroxylation is 2. The number of hydrogen-bond donors (Lipinski definition) is 0. The molecule has 4 rings (SSSR count). The Morgan fingerprint density at radius 3 is 2.48 bits per heavy atom. The number of rotatable bonds is 5. The molecule has 3 heterocycles. The van der Waals surface area contributed by atoms with E-state index in [-0.39, 0.29) is 5.91 Å². The highest BCUT2D eigenvalue weighted by Crippen LogP contribution is 2.28. The first-order valence-corrected chi connectivity index (χ1v) is 10.5. The molecule has 3 aromatic rings. The van der Waals surface area contributed by atoms with Gasteiger partial charge in [0.05, 0.1) is 28.5 Å². The van der Waals surface area contributed by atoms with Crippen LogP contribution in [0.2, 0.25) is 0 Å². The van der Waals surface area contributed by atoms with Gasteiger partial charge >= 0.3 is 0 Å². The molecule has 0 saturated carbocycles. The summed E-state index contributed by atoms with van der Waals surface area (Å²) in [6.07, 6.45) is 0. The third kappa shape index (κ3) is 3.98. The van der Waals surface area contributed by atoms with Crippen molar-refractivity contribution in [2.24, 2.45) is 7.05 Å². The van der Waals surface area contributed by atoms with Crippen molar-refractivity contribution >= 4 is 23.4 Å². The number of tetrazole rings is 1. The number of para-hydroxylation sites is 1. The Balaban J connectivity index is 1.39. The maximum absolute atomic E-state index is 12.6. The van der Waals surface area contributed by atoms with Crippen LogP contribution in [-0.2, 0) is 11.8 Å². The zero-order valence-corrected chi connectivity index (χ0v) is 17.6. The molecule has 1 aliphatic rings. The second-order valence-electron chi connectivity index (χ2n) is 7.01. The smallest absolute Gasteiger partial charge is 0.233 e. The number of carbonyl (C=O) groups is 1. The Hall–Kier alpha value is -2.88. The fourth-order valence-corrected chi connectivity index (χ4v) is 4.41. The number of amides is 1. The van der Waals surface area contributed by atoms with Crippen LogP contribution in [0.1, 0.15) is 11.4 Å². The quantitative estimate of drug-likeness (QED) is 0.587. The highest BCUT2D eigenvalue weighted by atomic mass is 32.2. The molecule has 0 bridgehead atoms. The topological polar surface area (TPSA) is 85.0 Å². The van der Waals surface area contributed by atoms with Crippen LogP contribution >= 0.6 is 11.8 Å². The van der Waals surface area contributed by atoms with Gasteiger partial charge in [0.2, 0.25) is 11.1 Å². The standard InChI is InChI=1S/C19H24N8OS/c1-14-18(15(2)27(21-14)16-7-5-4-6-8-16)26-11-9-25(10-12-26)17(28)13-29-19-20-22-23-24(19)3/h4-8H,9-13H2,1-3H3. The van der Waals surface area contributed by atoms with Crippen molar-refractivity contribution in [1.29, 1.82) is 0 Å². The third-order valence-corrected chi connectivity index (χ3v) is 6.10. The van der Waals surface area contributed by atoms with E-state index in [1.807, 2.05) is 34.7 Å². The molecule has 1 amide bonds. The van der Waals surface area contributed by atoms with Crippen molar-refractivity contribution in [1.82, 2.24) is 34.9 Å². The third-order valence-electron chi connectivity index (χ3n) is 5.11. The van der Waals surface area contributed by atoms with Crippen LogP contribution in [0.15, 0.2) is 35.5 Å². The lowest BCUT2D eigenvalue weighted by Gasteiger charge is -2.36. The van der Waals surface area contributed by atoms with E-state index in [0.717, 1.165) is 30.2 Å². The molecule has 2 aromatic heterocycles. The minimum atomic E-state index is 0.117. The number of anilines is 1. The highest BCUT2D eigenvalue weighted by Gasteiger charge is 2.25. The number of benzene rings is 1. The van der Waals surface area contributed by atoms with Crippen LogP contribution in [0.3, 0.4) is 0 Å². The summed E-state index contributed by atoms with van der Waals surface area (Å²) in [5.74, 6) is 0.462. The predicted molar refractivity (Wildman–Crippen MR) is 111 cm³/mol. The number of thioether (sulfide) groups is 1. The molecular formula is C19H24N8OS. The largest absolute Gasteiger partial charge is 0.365 e. The van der Waals surface area contributed by atoms with Crippen molar-refractivity contribution in [3.8, 4) is 5.69 Å². The van der Waals surface area contributed by atoms with E-state index >= 15 is 0 Å². The van der Waals surface area contributed by atoms with Gasteiger partial charge in [-0.2, -0.15) is 5.10 Å². The number of piperazine rings is 1. The average molecular weight is 413 g/mol. The Morgan fingerprint density at radius 1 is 1.10 bits per heavy atom. The summed E-state index contributed by atoms with van der Waals surface area (Å²) in [5.41, 5.74) is 4.36. The van der Waals surface area contributed by atoms with E-state index < -0.39 is 0 Å². The van der Waals surface area contributed by atoms with Crippen molar-refractivity contribution < 1.29 is 4.79 Å². The molecule has 9 nitrogen and oxygen atoms in total. The van der Waals surface area contributed by atoms with Crippen molar-refractivity contribution in [3.63, 3.8) is 0 Å². The van der Waals surface area contributed by atoms with Crippen molar-refractivity contribution in [3.05, 3.63) is 41.7 Å². The molecule has 0 aliphatic carbocycles. The van der Waals surface area contributed by atoms with Gasteiger partial charge in [-0.15, -0.1) is 5.10 Å². The first kappa shape index (κ1) is 19.4. The molecule has 0 radical (unpaired) electrons. The molecule has 0 atom stereocenters. The summed E-state index contributed by atoms with van der Waals surface area (Å²) < 4.78 is 3.57. The van der Waals surface area contributed by atoms with Crippen LogP contribution in [-0.4, -0.2) is 72.7 Å². The van der Waals surface area contributed by atoms with Gasteiger partial charge in [0.15, 0.2) is 0 Å². The SMILES string of the molecule is Cc1nn(-c2ccccc2)c(C)c1N1CCN(C(=O)CSc2nnnn2C)CC1. The molecule has 0 unspecified atom stereocenters. The van der Waals surface area contributed by atoms with Crippen LogP contribution in [0.25, 0.3) is 5.69 Å². The molecule has 1 saturated heterocycles. The summed E-state index contributed by atoms with van der Waals surface area (Å²) in [6, 6.07) is 10.2. The maximum atomic E-state index is 12.6. The second-order valence-corrected chi connectivity index (χ2v) is 7.95. The second kappa shape index (κ2) is 8.24. The fraction of sp³-hybridized carbons (Fsp3) is 0.421. The lowest BCUT2D eigenvalue weighted by molar-refractivity contribution is -0.128. The summed E-state index contributed by atoms with van der Waals surface area (Å²) in [5, 5.41) is 16.7. The minimum Gasteiger partial charge on any atom is -0.365 e. The summed E-state index contributed by atoms with van der Waals surface area (Å²) in [7, 11) is 1.77. The van der Waals surface area contributed by atoms with Crippen LogP contribution in [0, 0.1) is 13.8 Å². The zero-order chi connectivity index (χ0) is 20.4. The summed E-state index contributed by atoms with van der Waals surface area (Å²) >= 11 is 1.37. The van der Waals surface area contributed by atoms with Gasteiger partial charge in [-0.3, -0.25) is 4.79 Å². The lowest BCUT2D eigenvalue weighted by Crippen LogP contribution is -2.49. The van der Waals surface area contributed by atoms with E-state index in [2.05, 4.69) is 39.5 Å². The molecule has 1 aliphatic heterocycles. The van der Waals surface area contributed by atoms with Gasteiger partial charge in [0, 0.05) is 33.2 Å². The van der Waals surface area contributed by atoms with Crippen LogP contribution < -0.4 is 4.90 Å². The van der Waals surface area contributed by atoms with E-state index in [1.165, 1.54) is 17.4 Å². The van der Waals surface area contributed by atoms with Gasteiger partial charge in [-0.1, -0.05) is 30.0 Å². The summed E-state index contributed by atoms with van der Waals surface area (Å²) in [4.78, 5) is 16.8. The fourth-order valence-electron chi connectivity index (χ4n) is 3.65. The van der Waals surface area contributed by atoms with E-state index in [1.54, 1.807) is 11.7 Å². The first-order chi connectivity index (χ1) is 14.0. The van der Waals surface area contributed by atoms with Gasteiger partial charge in [-0.25, -0.2) is 9.36 Å². The van der Waals surface area contributed by atoms with Gasteiger partial charge < -0.3 is 9.80 Å². The molecule has 29 heavy (non-hydrogen) atoms. The first-order valence-electron chi connectivity index (χ1n) is 9.54. The summed E-state index contributed by atoms with van der Waals surface area (Å²) in [6.45, 7) is 7.14. The Kier molecular flexibility index (Phi) is 5.52. The van der Waals surface area contributed by atoms with Gasteiger partial charge in [-0.05, 0) is 36.4 Å². The number of hydrogen-bond acceptors (Lipinski definition) is 7. The highest BCUT2D eigenvalue weighted by molar-refractivity contribution is 7.99. The molecule has 1 fully saturated rings. The Labute approximate surface area is 173 Å². The zero-order valence-electron chi connectivity index (χ0n) is 16.8. The van der Waals surface area contributed by atoms with E-state index in [0.29, 0.717) is 24.0 Å². The monoisotopic (exact) mass is 412 g/mol. The molecular weight excluding hydrogens is 388 g/mol. The Bertz CT molecular complexity index is 991. The molecule has 0 N–H and O–H groups in total. The molecule has 152 valence electrons. The van der Waals surface area contributed by atoms with E-state index in [9.17, 15) is 4.79 Å². The lowest BCUT2D eigenvalue weighted by atomic mass is 10.2. The molecule has 10 heteroatoms. The van der Waals surface area contributed by atoms with Crippen molar-refractivity contribution in [2.45, 2.75) is 19.0 Å². The number of aromatic nitrogens is 6. The van der Waals surface area contributed by atoms with Crippen LogP contribution in [0.4, 0.5) is 5.69 Å². The number of carbonyl (C=O) groups excluding carboxylic acids is 1. The Morgan fingerprint density at radius 2 is 1.83 bits per heavy atom. The maximum Gasteiger partial charge on any atom is 0.233 e. The predicted octanol–water partition coefficient (Wildman–Crippen LogP) is 1.45. The molecule has 0 spiro atoms. The van der Waals surface area contributed by atoms with Gasteiger partial charge in [0.1, 0.15) is 0 Å². The molecule has 1 aromatic carbocycles. The van der Waals surface area contributed by atoms with Crippen LogP contribution in [0.5, 0.6) is 0 Å². The van der Waals surface area contributed by atoms with Gasteiger partial charge in [0.25, 0.3) is 0 Å². The number of nitrogens with zero attached hydrogens (tertiary/aromatic N) is 8. The minimum absolute atomic E-state index is 0.117.